The number of likely N-dealkylation sites (N-methyl/N-ethyl adjacent to an activating group) is 1. The number of benzene rings is 1. The van der Waals surface area contributed by atoms with Crippen molar-refractivity contribution in [2.24, 2.45) is 0 Å². The van der Waals surface area contributed by atoms with Crippen LogP contribution >= 0.6 is 0 Å². The Labute approximate surface area is 100.0 Å². The van der Waals surface area contributed by atoms with Crippen LogP contribution in [0.25, 0.3) is 0 Å². The van der Waals surface area contributed by atoms with E-state index in [9.17, 15) is 0 Å². The first-order chi connectivity index (χ1) is 7.39. The van der Waals surface area contributed by atoms with Crippen LogP contribution in [0.4, 0.5) is 0 Å². The Kier molecular flexibility index (Phi) is 3.93. The lowest BCUT2D eigenvalue weighted by Crippen LogP contribution is -2.56. The lowest BCUT2D eigenvalue weighted by atomic mass is 10.0. The fourth-order valence-electron chi connectivity index (χ4n) is 1.85. The molecule has 1 aromatic rings. The molecule has 0 aliphatic rings. The van der Waals surface area contributed by atoms with Crippen molar-refractivity contribution in [1.82, 2.24) is 0 Å². The lowest BCUT2D eigenvalue weighted by Gasteiger charge is -2.45. The van der Waals surface area contributed by atoms with Crippen LogP contribution in [0.15, 0.2) is 43.0 Å². The summed E-state index contributed by atoms with van der Waals surface area (Å²) in [6.45, 7) is 12.8. The first kappa shape index (κ1) is 13.0. The van der Waals surface area contributed by atoms with Crippen molar-refractivity contribution in [2.75, 3.05) is 13.6 Å². The van der Waals surface area contributed by atoms with Crippen LogP contribution in [-0.2, 0) is 6.54 Å². The van der Waals surface area contributed by atoms with Crippen LogP contribution in [-0.4, -0.2) is 23.6 Å². The first-order valence-corrected chi connectivity index (χ1v) is 5.88. The Hall–Kier alpha value is -1.08. The summed E-state index contributed by atoms with van der Waals surface area (Å²) in [6.07, 6.45) is 2.02. The third-order valence-electron chi connectivity index (χ3n) is 3.53. The van der Waals surface area contributed by atoms with Gasteiger partial charge in [0.2, 0.25) is 0 Å². The maximum atomic E-state index is 3.89. The second-order valence-corrected chi connectivity index (χ2v) is 5.68. The highest BCUT2D eigenvalue weighted by atomic mass is 15.4. The summed E-state index contributed by atoms with van der Waals surface area (Å²) >= 11 is 0. The quantitative estimate of drug-likeness (QED) is 0.535. The Balaban J connectivity index is 2.92. The SMILES string of the molecule is C=CC[N+](C)(Cc1ccccc1)C(C)(C)C. The summed E-state index contributed by atoms with van der Waals surface area (Å²) in [5.74, 6) is 0. The molecule has 1 unspecified atom stereocenters. The van der Waals surface area contributed by atoms with Crippen molar-refractivity contribution in [3.63, 3.8) is 0 Å². The number of hydrogen-bond donors (Lipinski definition) is 0. The monoisotopic (exact) mass is 218 g/mol. The van der Waals surface area contributed by atoms with Gasteiger partial charge >= 0.3 is 0 Å². The molecule has 0 saturated heterocycles. The second kappa shape index (κ2) is 4.84. The van der Waals surface area contributed by atoms with Gasteiger partial charge in [0.1, 0.15) is 6.54 Å². The maximum absolute atomic E-state index is 3.89. The number of nitrogens with zero attached hydrogens (tertiary/aromatic N) is 1. The van der Waals surface area contributed by atoms with Gasteiger partial charge in [-0.3, -0.25) is 0 Å². The van der Waals surface area contributed by atoms with E-state index in [1.807, 2.05) is 6.08 Å². The number of hydrogen-bond acceptors (Lipinski definition) is 0. The maximum Gasteiger partial charge on any atom is 0.105 e. The number of quaternary nitrogens is 1. The summed E-state index contributed by atoms with van der Waals surface area (Å²) in [7, 11) is 2.30. The Bertz CT molecular complexity index is 334. The fourth-order valence-corrected chi connectivity index (χ4v) is 1.85. The predicted octanol–water partition coefficient (Wildman–Crippen LogP) is 3.62. The molecule has 1 atom stereocenters. The first-order valence-electron chi connectivity index (χ1n) is 5.88. The smallest absolute Gasteiger partial charge is 0.105 e. The van der Waals surface area contributed by atoms with Crippen LogP contribution < -0.4 is 0 Å². The van der Waals surface area contributed by atoms with Gasteiger partial charge in [0.25, 0.3) is 0 Å². The molecule has 0 heterocycles. The molecule has 0 aliphatic carbocycles. The van der Waals surface area contributed by atoms with Crippen molar-refractivity contribution in [2.45, 2.75) is 32.9 Å². The standard InChI is InChI=1S/C15H24N/c1-6-12-16(5,15(2,3)4)13-14-10-8-7-9-11-14/h6-11H,1,12-13H2,2-5H3/q+1. The van der Waals surface area contributed by atoms with Crippen LogP contribution in [0, 0.1) is 0 Å². The molecule has 1 nitrogen and oxygen atoms in total. The molecule has 88 valence electrons. The van der Waals surface area contributed by atoms with E-state index < -0.39 is 0 Å². The van der Waals surface area contributed by atoms with E-state index >= 15 is 0 Å². The van der Waals surface area contributed by atoms with E-state index in [0.29, 0.717) is 0 Å². The molecular weight excluding hydrogens is 194 g/mol. The van der Waals surface area contributed by atoms with Gasteiger partial charge in [-0.1, -0.05) is 36.9 Å². The summed E-state index contributed by atoms with van der Waals surface area (Å²) in [5, 5.41) is 0. The zero-order chi connectivity index (χ0) is 12.2. The topological polar surface area (TPSA) is 0 Å². The third kappa shape index (κ3) is 2.96. The molecule has 1 rings (SSSR count). The zero-order valence-corrected chi connectivity index (χ0v) is 11.0. The summed E-state index contributed by atoms with van der Waals surface area (Å²) in [4.78, 5) is 0. The van der Waals surface area contributed by atoms with Crippen LogP contribution in [0.5, 0.6) is 0 Å². The van der Waals surface area contributed by atoms with Crippen LogP contribution in [0.1, 0.15) is 26.3 Å². The van der Waals surface area contributed by atoms with Gasteiger partial charge in [-0.25, -0.2) is 0 Å². The predicted molar refractivity (Wildman–Crippen MR) is 71.1 cm³/mol. The lowest BCUT2D eigenvalue weighted by molar-refractivity contribution is -0.960. The number of rotatable bonds is 4. The largest absolute Gasteiger partial charge is 0.315 e. The molecule has 0 radical (unpaired) electrons. The molecule has 0 amide bonds. The molecule has 0 aromatic heterocycles. The van der Waals surface area contributed by atoms with Crippen molar-refractivity contribution < 1.29 is 4.48 Å². The highest BCUT2D eigenvalue weighted by Gasteiger charge is 2.34. The van der Waals surface area contributed by atoms with E-state index in [4.69, 9.17) is 0 Å². The Morgan fingerprint density at radius 2 is 1.75 bits per heavy atom. The van der Waals surface area contributed by atoms with E-state index in [2.05, 4.69) is 64.7 Å². The molecule has 0 bridgehead atoms. The molecule has 0 aliphatic heterocycles. The second-order valence-electron chi connectivity index (χ2n) is 5.68. The average Bonchev–Trinajstić information content (AvgIpc) is 2.17. The molecule has 1 aromatic carbocycles. The zero-order valence-electron chi connectivity index (χ0n) is 11.0. The average molecular weight is 218 g/mol. The summed E-state index contributed by atoms with van der Waals surface area (Å²) < 4.78 is 0.987. The van der Waals surface area contributed by atoms with Crippen LogP contribution in [0.2, 0.25) is 0 Å². The van der Waals surface area contributed by atoms with Gasteiger partial charge < -0.3 is 4.48 Å². The minimum Gasteiger partial charge on any atom is -0.315 e. The van der Waals surface area contributed by atoms with Gasteiger partial charge in [0.15, 0.2) is 0 Å². The van der Waals surface area contributed by atoms with E-state index in [1.165, 1.54) is 5.56 Å². The molecule has 1 heteroatoms. The van der Waals surface area contributed by atoms with E-state index in [1.54, 1.807) is 0 Å². The van der Waals surface area contributed by atoms with Gasteiger partial charge in [-0.05, 0) is 26.8 Å². The fraction of sp³-hybridized carbons (Fsp3) is 0.467. The van der Waals surface area contributed by atoms with Gasteiger partial charge in [-0.15, -0.1) is 0 Å². The molecule has 0 saturated carbocycles. The normalized spacial score (nSPS) is 15.5. The van der Waals surface area contributed by atoms with Gasteiger partial charge in [0.05, 0.1) is 19.1 Å². The van der Waals surface area contributed by atoms with Crippen LogP contribution in [0.3, 0.4) is 0 Å². The third-order valence-corrected chi connectivity index (χ3v) is 3.53. The highest BCUT2D eigenvalue weighted by Crippen LogP contribution is 2.25. The van der Waals surface area contributed by atoms with Crippen molar-refractivity contribution in [3.05, 3.63) is 48.6 Å². The van der Waals surface area contributed by atoms with Gasteiger partial charge in [-0.2, -0.15) is 0 Å². The molecule has 0 fully saturated rings. The minimum atomic E-state index is 0.226. The summed E-state index contributed by atoms with van der Waals surface area (Å²) in [6, 6.07) is 10.7. The molecule has 0 spiro atoms. The Morgan fingerprint density at radius 1 is 1.19 bits per heavy atom. The van der Waals surface area contributed by atoms with Crippen molar-refractivity contribution in [3.8, 4) is 0 Å². The molecule has 0 N–H and O–H groups in total. The molecular formula is C15H24N+. The van der Waals surface area contributed by atoms with E-state index in [-0.39, 0.29) is 5.54 Å². The van der Waals surface area contributed by atoms with Gasteiger partial charge in [0, 0.05) is 5.56 Å². The summed E-state index contributed by atoms with van der Waals surface area (Å²) in [5.41, 5.74) is 1.62. The molecule has 16 heavy (non-hydrogen) atoms. The highest BCUT2D eigenvalue weighted by molar-refractivity contribution is 5.13. The Morgan fingerprint density at radius 3 is 2.19 bits per heavy atom. The minimum absolute atomic E-state index is 0.226. The van der Waals surface area contributed by atoms with Crippen molar-refractivity contribution >= 4 is 0 Å². The van der Waals surface area contributed by atoms with E-state index in [0.717, 1.165) is 17.6 Å². The van der Waals surface area contributed by atoms with Crippen molar-refractivity contribution in [1.29, 1.82) is 0 Å².